The number of hydrogen-bond acceptors (Lipinski definition) is 3. The molecule has 1 atom stereocenters. The molecule has 3 heteroatoms. The first-order valence-corrected chi connectivity index (χ1v) is 6.16. The lowest BCUT2D eigenvalue weighted by Crippen LogP contribution is -2.38. The van der Waals surface area contributed by atoms with Gasteiger partial charge in [-0.2, -0.15) is 0 Å². The Morgan fingerprint density at radius 3 is 2.56 bits per heavy atom. The average molecular weight is 221 g/mol. The number of rotatable bonds is 7. The van der Waals surface area contributed by atoms with E-state index in [1.165, 1.54) is 12.8 Å². The van der Waals surface area contributed by atoms with Crippen molar-refractivity contribution in [2.24, 2.45) is 11.8 Å². The number of nitrogens with two attached hydrogens (primary N) is 1. The molecule has 0 fully saturated rings. The summed E-state index contributed by atoms with van der Waals surface area (Å²) in [6, 6.07) is 6.35. The van der Waals surface area contributed by atoms with E-state index in [0.29, 0.717) is 6.04 Å². The molecule has 90 valence electrons. The molecule has 0 saturated heterocycles. The Kier molecular flexibility index (Phi) is 6.04. The number of nitrogens with one attached hydrogen (secondary N) is 1. The first kappa shape index (κ1) is 13.1. The van der Waals surface area contributed by atoms with Crippen molar-refractivity contribution in [2.75, 3.05) is 0 Å². The highest BCUT2D eigenvalue weighted by molar-refractivity contribution is 5.05. The van der Waals surface area contributed by atoms with E-state index in [4.69, 9.17) is 5.84 Å². The van der Waals surface area contributed by atoms with Gasteiger partial charge in [0.25, 0.3) is 0 Å². The molecule has 1 rings (SSSR count). The summed E-state index contributed by atoms with van der Waals surface area (Å²) in [5.41, 5.74) is 4.02. The van der Waals surface area contributed by atoms with Gasteiger partial charge in [0, 0.05) is 24.4 Å². The van der Waals surface area contributed by atoms with Crippen LogP contribution in [0, 0.1) is 5.92 Å². The van der Waals surface area contributed by atoms with Gasteiger partial charge in [-0.05, 0) is 24.5 Å². The summed E-state index contributed by atoms with van der Waals surface area (Å²) in [5, 5.41) is 0. The maximum atomic E-state index is 5.60. The van der Waals surface area contributed by atoms with Gasteiger partial charge in [0.2, 0.25) is 0 Å². The molecule has 0 aliphatic rings. The first-order chi connectivity index (χ1) is 7.80. The summed E-state index contributed by atoms with van der Waals surface area (Å²) >= 11 is 0. The predicted octanol–water partition coefficient (Wildman–Crippen LogP) is 2.28. The SMILES string of the molecule is CCC(CC)CC(Cc1ccccn1)NN. The van der Waals surface area contributed by atoms with Gasteiger partial charge in [0.05, 0.1) is 0 Å². The molecule has 0 amide bonds. The average Bonchev–Trinajstić information content (AvgIpc) is 2.35. The highest BCUT2D eigenvalue weighted by Gasteiger charge is 2.13. The number of nitrogens with zero attached hydrogens (tertiary/aromatic N) is 1. The Morgan fingerprint density at radius 1 is 1.31 bits per heavy atom. The van der Waals surface area contributed by atoms with Crippen molar-refractivity contribution in [1.82, 2.24) is 10.4 Å². The smallest absolute Gasteiger partial charge is 0.0419 e. The molecule has 16 heavy (non-hydrogen) atoms. The number of aromatic nitrogens is 1. The molecule has 0 aliphatic carbocycles. The van der Waals surface area contributed by atoms with Crippen molar-refractivity contribution >= 4 is 0 Å². The molecule has 0 radical (unpaired) electrons. The second kappa shape index (κ2) is 7.36. The Labute approximate surface area is 98.4 Å². The molecular formula is C13H23N3. The van der Waals surface area contributed by atoms with Crippen molar-refractivity contribution in [3.63, 3.8) is 0 Å². The number of pyridine rings is 1. The van der Waals surface area contributed by atoms with Crippen molar-refractivity contribution in [1.29, 1.82) is 0 Å². The molecule has 0 aromatic carbocycles. The van der Waals surface area contributed by atoms with E-state index in [2.05, 4.69) is 30.3 Å². The molecule has 0 bridgehead atoms. The van der Waals surface area contributed by atoms with E-state index >= 15 is 0 Å². The van der Waals surface area contributed by atoms with Gasteiger partial charge in [-0.3, -0.25) is 16.3 Å². The fourth-order valence-corrected chi connectivity index (χ4v) is 2.01. The Hall–Kier alpha value is -0.930. The van der Waals surface area contributed by atoms with Crippen molar-refractivity contribution in [3.8, 4) is 0 Å². The normalized spacial score (nSPS) is 13.0. The zero-order valence-corrected chi connectivity index (χ0v) is 10.3. The molecule has 1 aromatic heterocycles. The van der Waals surface area contributed by atoms with Crippen LogP contribution in [0.4, 0.5) is 0 Å². The molecule has 1 heterocycles. The van der Waals surface area contributed by atoms with Crippen LogP contribution in [0.15, 0.2) is 24.4 Å². The minimum absolute atomic E-state index is 0.333. The molecule has 3 N–H and O–H groups in total. The van der Waals surface area contributed by atoms with Gasteiger partial charge in [-0.1, -0.05) is 32.8 Å². The highest BCUT2D eigenvalue weighted by Crippen LogP contribution is 2.16. The van der Waals surface area contributed by atoms with E-state index in [1.54, 1.807) is 0 Å². The summed E-state index contributed by atoms with van der Waals surface area (Å²) in [6.07, 6.45) is 6.31. The first-order valence-electron chi connectivity index (χ1n) is 6.16. The molecule has 1 unspecified atom stereocenters. The zero-order valence-electron chi connectivity index (χ0n) is 10.3. The molecule has 0 saturated carbocycles. The maximum Gasteiger partial charge on any atom is 0.0419 e. The highest BCUT2D eigenvalue weighted by atomic mass is 15.2. The minimum Gasteiger partial charge on any atom is -0.271 e. The quantitative estimate of drug-likeness (QED) is 0.548. The summed E-state index contributed by atoms with van der Waals surface area (Å²) in [7, 11) is 0. The third-order valence-corrected chi connectivity index (χ3v) is 3.19. The van der Waals surface area contributed by atoms with Crippen LogP contribution in [0.2, 0.25) is 0 Å². The van der Waals surface area contributed by atoms with E-state index < -0.39 is 0 Å². The predicted molar refractivity (Wildman–Crippen MR) is 67.7 cm³/mol. The fourth-order valence-electron chi connectivity index (χ4n) is 2.01. The Balaban J connectivity index is 2.49. The zero-order chi connectivity index (χ0) is 11.8. The summed E-state index contributed by atoms with van der Waals surface area (Å²) in [5.74, 6) is 6.35. The second-order valence-corrected chi connectivity index (χ2v) is 4.31. The lowest BCUT2D eigenvalue weighted by molar-refractivity contribution is 0.365. The van der Waals surface area contributed by atoms with E-state index in [-0.39, 0.29) is 0 Å². The van der Waals surface area contributed by atoms with Crippen molar-refractivity contribution in [2.45, 2.75) is 45.6 Å². The molecule has 1 aromatic rings. The van der Waals surface area contributed by atoms with Crippen LogP contribution in [0.5, 0.6) is 0 Å². The van der Waals surface area contributed by atoms with Gasteiger partial charge in [-0.25, -0.2) is 0 Å². The van der Waals surface area contributed by atoms with Crippen LogP contribution < -0.4 is 11.3 Å². The molecule has 0 aliphatic heterocycles. The number of hydrogen-bond donors (Lipinski definition) is 2. The van der Waals surface area contributed by atoms with Crippen molar-refractivity contribution in [3.05, 3.63) is 30.1 Å². The lowest BCUT2D eigenvalue weighted by Gasteiger charge is -2.20. The van der Waals surface area contributed by atoms with Crippen LogP contribution in [-0.4, -0.2) is 11.0 Å². The minimum atomic E-state index is 0.333. The second-order valence-electron chi connectivity index (χ2n) is 4.31. The van der Waals surface area contributed by atoms with Crippen molar-refractivity contribution < 1.29 is 0 Å². The summed E-state index contributed by atoms with van der Waals surface area (Å²) < 4.78 is 0. The van der Waals surface area contributed by atoms with Gasteiger partial charge in [0.1, 0.15) is 0 Å². The third-order valence-electron chi connectivity index (χ3n) is 3.19. The van der Waals surface area contributed by atoms with Crippen LogP contribution >= 0.6 is 0 Å². The van der Waals surface area contributed by atoms with Crippen LogP contribution in [0.3, 0.4) is 0 Å². The molecular weight excluding hydrogens is 198 g/mol. The maximum absolute atomic E-state index is 5.60. The largest absolute Gasteiger partial charge is 0.271 e. The Bertz CT molecular complexity index is 270. The fraction of sp³-hybridized carbons (Fsp3) is 0.615. The molecule has 3 nitrogen and oxygen atoms in total. The van der Waals surface area contributed by atoms with E-state index in [9.17, 15) is 0 Å². The van der Waals surface area contributed by atoms with Gasteiger partial charge >= 0.3 is 0 Å². The van der Waals surface area contributed by atoms with Gasteiger partial charge < -0.3 is 0 Å². The lowest BCUT2D eigenvalue weighted by atomic mass is 9.93. The van der Waals surface area contributed by atoms with E-state index in [0.717, 1.165) is 24.5 Å². The topological polar surface area (TPSA) is 50.9 Å². The number of hydrazine groups is 1. The van der Waals surface area contributed by atoms with Crippen LogP contribution in [-0.2, 0) is 6.42 Å². The van der Waals surface area contributed by atoms with Crippen LogP contribution in [0.25, 0.3) is 0 Å². The third kappa shape index (κ3) is 4.29. The monoisotopic (exact) mass is 221 g/mol. The van der Waals surface area contributed by atoms with E-state index in [1.807, 2.05) is 18.3 Å². The standard InChI is InChI=1S/C13H23N3/c1-3-11(4-2)9-13(16-14)10-12-7-5-6-8-15-12/h5-8,11,13,16H,3-4,9-10,14H2,1-2H3. The molecule has 0 spiro atoms. The van der Waals surface area contributed by atoms with Gasteiger partial charge in [0.15, 0.2) is 0 Å². The Morgan fingerprint density at radius 2 is 2.06 bits per heavy atom. The summed E-state index contributed by atoms with van der Waals surface area (Å²) in [6.45, 7) is 4.48. The van der Waals surface area contributed by atoms with Gasteiger partial charge in [-0.15, -0.1) is 0 Å². The summed E-state index contributed by atoms with van der Waals surface area (Å²) in [4.78, 5) is 4.33. The van der Waals surface area contributed by atoms with Crippen LogP contribution in [0.1, 0.15) is 38.8 Å².